The van der Waals surface area contributed by atoms with E-state index in [2.05, 4.69) is 15.5 Å². The minimum atomic E-state index is -0.474. The summed E-state index contributed by atoms with van der Waals surface area (Å²) < 4.78 is 0. The normalized spacial score (nSPS) is 19.2. The van der Waals surface area contributed by atoms with E-state index in [0.717, 1.165) is 29.9 Å². The molecule has 2 rings (SSSR count). The summed E-state index contributed by atoms with van der Waals surface area (Å²) in [6.07, 6.45) is 1.81. The number of nitrogens with one attached hydrogen (secondary N) is 2. The van der Waals surface area contributed by atoms with Gasteiger partial charge in [0.15, 0.2) is 0 Å². The molecule has 0 spiro atoms. The summed E-state index contributed by atoms with van der Waals surface area (Å²) in [5, 5.41) is 10.1. The number of aromatic amines is 1. The van der Waals surface area contributed by atoms with E-state index in [0.29, 0.717) is 0 Å². The lowest BCUT2D eigenvalue weighted by molar-refractivity contribution is -0.141. The number of hydrogen-bond donors (Lipinski definition) is 2. The number of imide groups is 1. The van der Waals surface area contributed by atoms with Crippen LogP contribution in [0.4, 0.5) is 5.69 Å². The van der Waals surface area contributed by atoms with Gasteiger partial charge in [0.05, 0.1) is 23.5 Å². The minimum absolute atomic E-state index is 0.00773. The molecule has 1 atom stereocenters. The Labute approximate surface area is 118 Å². The van der Waals surface area contributed by atoms with Crippen LogP contribution in [0.5, 0.6) is 0 Å². The second-order valence-corrected chi connectivity index (χ2v) is 5.28. The number of carbonyl (C=O) groups excluding carboxylic acids is 2. The van der Waals surface area contributed by atoms with E-state index >= 15 is 0 Å². The maximum Gasteiger partial charge on any atom is 0.252 e. The lowest BCUT2D eigenvalue weighted by Gasteiger charge is -2.24. The summed E-state index contributed by atoms with van der Waals surface area (Å²) >= 11 is 0. The van der Waals surface area contributed by atoms with E-state index in [1.54, 1.807) is 0 Å². The monoisotopic (exact) mass is 278 g/mol. The first-order valence-corrected chi connectivity index (χ1v) is 7.13. The van der Waals surface area contributed by atoms with E-state index in [1.807, 2.05) is 27.7 Å². The lowest BCUT2D eigenvalue weighted by Crippen LogP contribution is -2.41. The third-order valence-corrected chi connectivity index (χ3v) is 3.94. The highest BCUT2D eigenvalue weighted by Crippen LogP contribution is 2.25. The lowest BCUT2D eigenvalue weighted by atomic mass is 10.1. The second kappa shape index (κ2) is 5.64. The van der Waals surface area contributed by atoms with Gasteiger partial charge in [-0.25, -0.2) is 0 Å². The van der Waals surface area contributed by atoms with Crippen LogP contribution in [0, 0.1) is 13.8 Å². The van der Waals surface area contributed by atoms with Gasteiger partial charge in [-0.2, -0.15) is 5.10 Å². The van der Waals surface area contributed by atoms with E-state index in [4.69, 9.17) is 0 Å². The summed E-state index contributed by atoms with van der Waals surface area (Å²) in [5.74, 6) is -0.205. The summed E-state index contributed by atoms with van der Waals surface area (Å²) in [7, 11) is 0. The van der Waals surface area contributed by atoms with Gasteiger partial charge in [0.1, 0.15) is 6.04 Å². The molecule has 0 aliphatic carbocycles. The number of likely N-dealkylation sites (tertiary alicyclic amines) is 1. The van der Waals surface area contributed by atoms with E-state index < -0.39 is 6.04 Å². The van der Waals surface area contributed by atoms with Crippen molar-refractivity contribution in [2.75, 3.05) is 5.32 Å². The third-order valence-electron chi connectivity index (χ3n) is 3.94. The zero-order valence-corrected chi connectivity index (χ0v) is 12.5. The number of hydrogen-bond acceptors (Lipinski definition) is 4. The number of anilines is 1. The summed E-state index contributed by atoms with van der Waals surface area (Å²) in [6, 6.07) is -0.466. The third kappa shape index (κ3) is 2.42. The van der Waals surface area contributed by atoms with Gasteiger partial charge < -0.3 is 5.32 Å². The van der Waals surface area contributed by atoms with Gasteiger partial charge in [0, 0.05) is 6.04 Å². The SMILES string of the molecule is CCC(CC)N1C(=O)CC(Nc2c(C)n[nH]c2C)C1=O. The Morgan fingerprint density at radius 3 is 2.50 bits per heavy atom. The molecule has 1 unspecified atom stereocenters. The zero-order chi connectivity index (χ0) is 14.9. The molecule has 1 aromatic rings. The number of rotatable bonds is 5. The summed E-state index contributed by atoms with van der Waals surface area (Å²) in [6.45, 7) is 7.76. The number of nitrogens with zero attached hydrogens (tertiary/aromatic N) is 2. The molecule has 2 amide bonds. The Kier molecular flexibility index (Phi) is 4.11. The molecule has 0 radical (unpaired) electrons. The summed E-state index contributed by atoms with van der Waals surface area (Å²) in [5.41, 5.74) is 2.51. The zero-order valence-electron chi connectivity index (χ0n) is 12.5. The predicted molar refractivity (Wildman–Crippen MR) is 76.3 cm³/mol. The Hall–Kier alpha value is -1.85. The maximum absolute atomic E-state index is 12.4. The van der Waals surface area contributed by atoms with Crippen LogP contribution in [0.15, 0.2) is 0 Å². The van der Waals surface area contributed by atoms with E-state index in [9.17, 15) is 9.59 Å². The molecule has 1 fully saturated rings. The Balaban J connectivity index is 2.16. The summed E-state index contributed by atoms with van der Waals surface area (Å²) in [4.78, 5) is 26.0. The van der Waals surface area contributed by atoms with Gasteiger partial charge in [0.2, 0.25) is 5.91 Å². The van der Waals surface area contributed by atoms with Crippen molar-refractivity contribution < 1.29 is 9.59 Å². The fourth-order valence-corrected chi connectivity index (χ4v) is 2.74. The van der Waals surface area contributed by atoms with Crippen molar-refractivity contribution in [1.82, 2.24) is 15.1 Å². The molecule has 20 heavy (non-hydrogen) atoms. The van der Waals surface area contributed by atoms with Gasteiger partial charge in [-0.05, 0) is 26.7 Å². The van der Waals surface area contributed by atoms with Crippen LogP contribution in [0.2, 0.25) is 0 Å². The molecule has 6 nitrogen and oxygen atoms in total. The topological polar surface area (TPSA) is 78.1 Å². The van der Waals surface area contributed by atoms with Crippen molar-refractivity contribution in [3.05, 3.63) is 11.4 Å². The number of amides is 2. The van der Waals surface area contributed by atoms with Crippen LogP contribution < -0.4 is 5.32 Å². The fraction of sp³-hybridized carbons (Fsp3) is 0.643. The Bertz CT molecular complexity index is 500. The largest absolute Gasteiger partial charge is 0.370 e. The van der Waals surface area contributed by atoms with Crippen molar-refractivity contribution >= 4 is 17.5 Å². The molecule has 0 bridgehead atoms. The quantitative estimate of drug-likeness (QED) is 0.804. The number of H-pyrrole nitrogens is 1. The van der Waals surface area contributed by atoms with Crippen LogP contribution >= 0.6 is 0 Å². The average Bonchev–Trinajstić information content (AvgIpc) is 2.88. The number of aryl methyl sites for hydroxylation is 2. The van der Waals surface area contributed by atoms with Crippen molar-refractivity contribution in [3.8, 4) is 0 Å². The number of carbonyl (C=O) groups is 2. The van der Waals surface area contributed by atoms with Gasteiger partial charge in [-0.3, -0.25) is 19.6 Å². The highest BCUT2D eigenvalue weighted by atomic mass is 16.2. The molecule has 2 heterocycles. The van der Waals surface area contributed by atoms with Crippen LogP contribution in [0.3, 0.4) is 0 Å². The molecule has 0 aromatic carbocycles. The fourth-order valence-electron chi connectivity index (χ4n) is 2.74. The first-order valence-electron chi connectivity index (χ1n) is 7.13. The molecule has 1 aliphatic rings. The highest BCUT2D eigenvalue weighted by Gasteiger charge is 2.41. The standard InChI is InChI=1S/C14H22N4O2/c1-5-10(6-2)18-12(19)7-11(14(18)20)15-13-8(3)16-17-9(13)4/h10-11,15H,5-7H2,1-4H3,(H,16,17). The van der Waals surface area contributed by atoms with E-state index in [1.165, 1.54) is 4.90 Å². The molecule has 110 valence electrons. The predicted octanol–water partition coefficient (Wildman–Crippen LogP) is 1.75. The van der Waals surface area contributed by atoms with Crippen molar-refractivity contribution in [2.45, 2.75) is 59.0 Å². The van der Waals surface area contributed by atoms with Gasteiger partial charge in [0.25, 0.3) is 5.91 Å². The molecular formula is C14H22N4O2. The first kappa shape index (κ1) is 14.6. The Morgan fingerprint density at radius 2 is 2.00 bits per heavy atom. The van der Waals surface area contributed by atoms with Crippen LogP contribution in [0.25, 0.3) is 0 Å². The molecule has 0 saturated carbocycles. The van der Waals surface area contributed by atoms with Crippen LogP contribution in [-0.2, 0) is 9.59 Å². The van der Waals surface area contributed by atoms with Gasteiger partial charge in [-0.15, -0.1) is 0 Å². The van der Waals surface area contributed by atoms with Gasteiger partial charge in [-0.1, -0.05) is 13.8 Å². The van der Waals surface area contributed by atoms with Crippen LogP contribution in [0.1, 0.15) is 44.5 Å². The van der Waals surface area contributed by atoms with E-state index in [-0.39, 0.29) is 24.3 Å². The second-order valence-electron chi connectivity index (χ2n) is 5.28. The van der Waals surface area contributed by atoms with Crippen molar-refractivity contribution in [2.24, 2.45) is 0 Å². The molecular weight excluding hydrogens is 256 g/mol. The molecule has 1 aromatic heterocycles. The molecule has 1 aliphatic heterocycles. The molecule has 1 saturated heterocycles. The number of aromatic nitrogens is 2. The molecule has 2 N–H and O–H groups in total. The maximum atomic E-state index is 12.4. The van der Waals surface area contributed by atoms with Crippen molar-refractivity contribution in [3.63, 3.8) is 0 Å². The first-order chi connectivity index (χ1) is 9.49. The smallest absolute Gasteiger partial charge is 0.252 e. The van der Waals surface area contributed by atoms with Gasteiger partial charge >= 0.3 is 0 Å². The minimum Gasteiger partial charge on any atom is -0.370 e. The molecule has 6 heteroatoms. The van der Waals surface area contributed by atoms with Crippen molar-refractivity contribution in [1.29, 1.82) is 0 Å². The average molecular weight is 278 g/mol. The Morgan fingerprint density at radius 1 is 1.35 bits per heavy atom. The highest BCUT2D eigenvalue weighted by molar-refractivity contribution is 6.07. The van der Waals surface area contributed by atoms with Crippen LogP contribution in [-0.4, -0.2) is 39.0 Å².